The lowest BCUT2D eigenvalue weighted by molar-refractivity contribution is 0.0661. The molecule has 5 nitrogen and oxygen atoms in total. The van der Waals surface area contributed by atoms with Crippen LogP contribution >= 0.6 is 22.7 Å². The number of thiophene rings is 1. The van der Waals surface area contributed by atoms with Gasteiger partial charge < -0.3 is 15.5 Å². The molecule has 1 amide bonds. The second-order valence-electron chi connectivity index (χ2n) is 5.84. The first-order valence-electron chi connectivity index (χ1n) is 7.95. The Kier molecular flexibility index (Phi) is 4.22. The zero-order valence-electron chi connectivity index (χ0n) is 13.3. The molecular weight excluding hydrogens is 340 g/mol. The number of nitrogens with zero attached hydrogens (tertiary/aromatic N) is 2. The molecule has 1 aromatic carbocycles. The van der Waals surface area contributed by atoms with E-state index in [0.29, 0.717) is 0 Å². The number of piperazine rings is 1. The topological polar surface area (TPSA) is 57.3 Å². The van der Waals surface area contributed by atoms with E-state index in [1.807, 2.05) is 41.3 Å². The van der Waals surface area contributed by atoms with Crippen LogP contribution in [-0.2, 0) is 0 Å². The van der Waals surface area contributed by atoms with Gasteiger partial charge in [-0.15, -0.1) is 11.3 Å². The maximum Gasteiger partial charge on any atom is 0.264 e. The highest BCUT2D eigenvalue weighted by Gasteiger charge is 2.26. The van der Waals surface area contributed by atoms with Crippen molar-refractivity contribution in [3.63, 3.8) is 0 Å². The van der Waals surface area contributed by atoms with Gasteiger partial charge >= 0.3 is 0 Å². The minimum Gasteiger partial charge on any atom is -0.333 e. The number of fused-ring (bicyclic) bond motifs is 1. The molecule has 4 rings (SSSR count). The molecule has 2 N–H and O–H groups in total. The van der Waals surface area contributed by atoms with Gasteiger partial charge in [-0.1, -0.05) is 29.5 Å². The Hall–Kier alpha value is -1.96. The predicted octanol–water partition coefficient (Wildman–Crippen LogP) is 3.54. The van der Waals surface area contributed by atoms with Gasteiger partial charge in [0.1, 0.15) is 4.83 Å². The van der Waals surface area contributed by atoms with Crippen molar-refractivity contribution in [1.29, 1.82) is 0 Å². The minimum atomic E-state index is 0.122. The van der Waals surface area contributed by atoms with E-state index < -0.39 is 0 Å². The van der Waals surface area contributed by atoms with Crippen LogP contribution in [0, 0.1) is 0 Å². The van der Waals surface area contributed by atoms with Crippen LogP contribution in [0.15, 0.2) is 36.4 Å². The van der Waals surface area contributed by atoms with Crippen LogP contribution in [-0.4, -0.2) is 41.5 Å². The smallest absolute Gasteiger partial charge is 0.264 e. The van der Waals surface area contributed by atoms with Crippen molar-refractivity contribution in [3.05, 3.63) is 41.3 Å². The first-order chi connectivity index (χ1) is 11.7. The molecule has 3 heterocycles. The molecular formula is C17H18N4OS2. The number of amides is 1. The summed E-state index contributed by atoms with van der Waals surface area (Å²) in [5.41, 5.74) is 1.02. The number of anilines is 2. The van der Waals surface area contributed by atoms with Crippen LogP contribution in [0.3, 0.4) is 0 Å². The SMILES string of the molecule is C[C@H]1CNCCN1C(=O)c1cc2sc(Nc3ccccc3)nc2s1. The summed E-state index contributed by atoms with van der Waals surface area (Å²) >= 11 is 3.06. The molecule has 0 saturated carbocycles. The molecule has 0 bridgehead atoms. The van der Waals surface area contributed by atoms with Crippen LogP contribution in [0.4, 0.5) is 10.8 Å². The number of aromatic nitrogens is 1. The lowest BCUT2D eigenvalue weighted by atomic mass is 10.2. The fourth-order valence-corrected chi connectivity index (χ4v) is 4.92. The summed E-state index contributed by atoms with van der Waals surface area (Å²) in [6.45, 7) is 4.56. The highest BCUT2D eigenvalue weighted by atomic mass is 32.1. The first-order valence-corrected chi connectivity index (χ1v) is 9.58. The Morgan fingerprint density at radius 2 is 2.17 bits per heavy atom. The average molecular weight is 358 g/mol. The molecule has 24 heavy (non-hydrogen) atoms. The standard InChI is InChI=1S/C17H18N4OS2/c1-11-10-18-7-8-21(11)16(22)14-9-13-15(23-14)20-17(24-13)19-12-5-3-2-4-6-12/h2-6,9,11,18H,7-8,10H2,1H3,(H,19,20)/t11-/m0/s1. The third-order valence-corrected chi connectivity index (χ3v) is 6.15. The normalized spacial score (nSPS) is 18.0. The van der Waals surface area contributed by atoms with Gasteiger partial charge in [0, 0.05) is 31.4 Å². The highest BCUT2D eigenvalue weighted by Crippen LogP contribution is 2.34. The average Bonchev–Trinajstić information content (AvgIpc) is 3.14. The summed E-state index contributed by atoms with van der Waals surface area (Å²) in [6.07, 6.45) is 0. The van der Waals surface area contributed by atoms with Crippen LogP contribution in [0.25, 0.3) is 9.53 Å². The number of carbonyl (C=O) groups is 1. The molecule has 0 spiro atoms. The van der Waals surface area contributed by atoms with Crippen LogP contribution < -0.4 is 10.6 Å². The molecule has 1 aliphatic heterocycles. The van der Waals surface area contributed by atoms with Gasteiger partial charge in [0.25, 0.3) is 5.91 Å². The van der Waals surface area contributed by atoms with Crippen LogP contribution in [0.1, 0.15) is 16.6 Å². The number of nitrogens with one attached hydrogen (secondary N) is 2. The Morgan fingerprint density at radius 3 is 2.92 bits per heavy atom. The van der Waals surface area contributed by atoms with Gasteiger partial charge in [-0.2, -0.15) is 0 Å². The zero-order chi connectivity index (χ0) is 16.5. The number of thiazole rings is 1. The molecule has 2 aromatic heterocycles. The van der Waals surface area contributed by atoms with Gasteiger partial charge in [0.2, 0.25) is 0 Å². The van der Waals surface area contributed by atoms with Crippen molar-refractivity contribution < 1.29 is 4.79 Å². The van der Waals surface area contributed by atoms with E-state index in [2.05, 4.69) is 22.5 Å². The Bertz CT molecular complexity index is 826. The number of rotatable bonds is 3. The molecule has 1 aliphatic rings. The largest absolute Gasteiger partial charge is 0.333 e. The molecule has 1 fully saturated rings. The summed E-state index contributed by atoms with van der Waals surface area (Å²) in [6, 6.07) is 12.2. The summed E-state index contributed by atoms with van der Waals surface area (Å²) < 4.78 is 1.06. The van der Waals surface area contributed by atoms with E-state index in [1.165, 1.54) is 11.3 Å². The van der Waals surface area contributed by atoms with Crippen LogP contribution in [0.5, 0.6) is 0 Å². The molecule has 0 aliphatic carbocycles. The number of para-hydroxylation sites is 1. The number of carbonyl (C=O) groups excluding carboxylic acids is 1. The predicted molar refractivity (Wildman–Crippen MR) is 101 cm³/mol. The van der Waals surface area contributed by atoms with E-state index in [0.717, 1.165) is 44.9 Å². The van der Waals surface area contributed by atoms with Crippen LogP contribution in [0.2, 0.25) is 0 Å². The van der Waals surface area contributed by atoms with Gasteiger partial charge in [-0.3, -0.25) is 4.79 Å². The monoisotopic (exact) mass is 358 g/mol. The Balaban J connectivity index is 1.54. The summed E-state index contributed by atoms with van der Waals surface area (Å²) in [7, 11) is 0. The molecule has 124 valence electrons. The fourth-order valence-electron chi connectivity index (χ4n) is 2.82. The van der Waals surface area contributed by atoms with Crippen molar-refractivity contribution in [1.82, 2.24) is 15.2 Å². The van der Waals surface area contributed by atoms with Gasteiger partial charge in [-0.05, 0) is 25.1 Å². The molecule has 3 aromatic rings. The summed E-state index contributed by atoms with van der Waals surface area (Å²) in [5.74, 6) is 0.122. The third kappa shape index (κ3) is 3.02. The lowest BCUT2D eigenvalue weighted by Crippen LogP contribution is -2.52. The lowest BCUT2D eigenvalue weighted by Gasteiger charge is -2.33. The molecule has 1 saturated heterocycles. The quantitative estimate of drug-likeness (QED) is 0.752. The van der Waals surface area contributed by atoms with Crippen molar-refractivity contribution >= 4 is 48.9 Å². The van der Waals surface area contributed by atoms with E-state index in [9.17, 15) is 4.79 Å². The second-order valence-corrected chi connectivity index (χ2v) is 7.90. The molecule has 7 heteroatoms. The summed E-state index contributed by atoms with van der Waals surface area (Å²) in [5, 5.41) is 7.48. The van der Waals surface area contributed by atoms with Crippen molar-refractivity contribution in [2.45, 2.75) is 13.0 Å². The van der Waals surface area contributed by atoms with Gasteiger partial charge in [-0.25, -0.2) is 4.98 Å². The third-order valence-electron chi connectivity index (χ3n) is 4.09. The number of benzene rings is 1. The first kappa shape index (κ1) is 15.6. The highest BCUT2D eigenvalue weighted by molar-refractivity contribution is 7.29. The van der Waals surface area contributed by atoms with E-state index in [-0.39, 0.29) is 11.9 Å². The Labute approximate surface area is 148 Å². The zero-order valence-corrected chi connectivity index (χ0v) is 14.9. The maximum absolute atomic E-state index is 12.7. The number of hydrogen-bond acceptors (Lipinski definition) is 6. The van der Waals surface area contributed by atoms with E-state index in [1.54, 1.807) is 11.3 Å². The second kappa shape index (κ2) is 6.51. The molecule has 1 atom stereocenters. The van der Waals surface area contributed by atoms with E-state index >= 15 is 0 Å². The number of hydrogen-bond donors (Lipinski definition) is 2. The van der Waals surface area contributed by atoms with Gasteiger partial charge in [0.15, 0.2) is 5.13 Å². The van der Waals surface area contributed by atoms with Crippen molar-refractivity contribution in [2.75, 3.05) is 25.0 Å². The molecule has 0 unspecified atom stereocenters. The Morgan fingerprint density at radius 1 is 1.33 bits per heavy atom. The summed E-state index contributed by atoms with van der Waals surface area (Å²) in [4.78, 5) is 21.0. The van der Waals surface area contributed by atoms with E-state index in [4.69, 9.17) is 0 Å². The maximum atomic E-state index is 12.7. The minimum absolute atomic E-state index is 0.122. The molecule has 0 radical (unpaired) electrons. The van der Waals surface area contributed by atoms with Gasteiger partial charge in [0.05, 0.1) is 9.58 Å². The van der Waals surface area contributed by atoms with Crippen molar-refractivity contribution in [2.24, 2.45) is 0 Å². The van der Waals surface area contributed by atoms with Crippen molar-refractivity contribution in [3.8, 4) is 0 Å². The fraction of sp³-hybridized carbons (Fsp3) is 0.294.